The van der Waals surface area contributed by atoms with Crippen molar-refractivity contribution >= 4 is 17.7 Å². The van der Waals surface area contributed by atoms with Crippen LogP contribution in [0.25, 0.3) is 0 Å². The molecule has 2 aliphatic heterocycles. The number of carboxylic acid groups (broad SMARTS) is 1. The van der Waals surface area contributed by atoms with Gasteiger partial charge in [0.1, 0.15) is 0 Å². The first-order chi connectivity index (χ1) is 13.6. The lowest BCUT2D eigenvalue weighted by Gasteiger charge is -2.28. The highest BCUT2D eigenvalue weighted by Gasteiger charge is 2.47. The second-order valence-corrected chi connectivity index (χ2v) is 9.98. The summed E-state index contributed by atoms with van der Waals surface area (Å²) in [6.07, 6.45) is 15.7. The van der Waals surface area contributed by atoms with E-state index < -0.39 is 5.97 Å². The number of ether oxygens (including phenoxy) is 1. The van der Waals surface area contributed by atoms with Crippen LogP contribution in [0.4, 0.5) is 0 Å². The molecule has 0 aliphatic carbocycles. The van der Waals surface area contributed by atoms with Gasteiger partial charge in [0.2, 0.25) is 0 Å². The largest absolute Gasteiger partial charge is 0.481 e. The summed E-state index contributed by atoms with van der Waals surface area (Å²) in [5, 5.41) is 18.8. The second-order valence-electron chi connectivity index (χ2n) is 8.83. The zero-order valence-electron chi connectivity index (χ0n) is 17.8. The van der Waals surface area contributed by atoms with E-state index in [1.807, 2.05) is 0 Å². The number of rotatable bonds is 17. The minimum Gasteiger partial charge on any atom is -0.481 e. The minimum absolute atomic E-state index is 0.105. The Hall–Kier alpha value is -0.260. The normalized spacial score (nSPS) is 27.4. The summed E-state index contributed by atoms with van der Waals surface area (Å²) >= 11 is 2.06. The summed E-state index contributed by atoms with van der Waals surface area (Å²) in [4.78, 5) is 10.6. The number of fused-ring (bicyclic) bond motifs is 2. The Bertz CT molecular complexity index is 431. The van der Waals surface area contributed by atoms with Crippen LogP contribution in [0.2, 0.25) is 0 Å². The van der Waals surface area contributed by atoms with E-state index in [9.17, 15) is 9.90 Å². The molecular weight excluding hydrogens is 372 g/mol. The van der Waals surface area contributed by atoms with Gasteiger partial charge in [0.25, 0.3) is 0 Å². The topological polar surface area (TPSA) is 66.8 Å². The predicted molar refractivity (Wildman–Crippen MR) is 117 cm³/mol. The van der Waals surface area contributed by atoms with Crippen LogP contribution in [0.5, 0.6) is 0 Å². The molecule has 0 aromatic heterocycles. The van der Waals surface area contributed by atoms with Crippen molar-refractivity contribution in [2.75, 3.05) is 11.5 Å². The van der Waals surface area contributed by atoms with E-state index in [1.165, 1.54) is 44.3 Å². The Kier molecular flexibility index (Phi) is 11.9. The molecule has 0 radical (unpaired) electrons. The van der Waals surface area contributed by atoms with Crippen LogP contribution in [0.1, 0.15) is 96.8 Å². The SMILES string of the molecule is CCCCCC(O)CCCSCC1C2CCC(O2)C1CCCCCCC(=O)O. The molecule has 2 bridgehead atoms. The van der Waals surface area contributed by atoms with Crippen molar-refractivity contribution in [1.82, 2.24) is 0 Å². The molecule has 164 valence electrons. The molecule has 2 N–H and O–H groups in total. The van der Waals surface area contributed by atoms with Crippen molar-refractivity contribution < 1.29 is 19.7 Å². The molecular formula is C23H42O4S. The van der Waals surface area contributed by atoms with Gasteiger partial charge in [-0.3, -0.25) is 4.79 Å². The van der Waals surface area contributed by atoms with Crippen LogP contribution < -0.4 is 0 Å². The number of aliphatic hydroxyl groups is 1. The Morgan fingerprint density at radius 2 is 1.71 bits per heavy atom. The molecule has 2 saturated heterocycles. The molecule has 0 amide bonds. The lowest BCUT2D eigenvalue weighted by Crippen LogP contribution is -2.29. The van der Waals surface area contributed by atoms with Crippen LogP contribution in [0.15, 0.2) is 0 Å². The fourth-order valence-electron chi connectivity index (χ4n) is 4.93. The molecule has 4 nitrogen and oxygen atoms in total. The van der Waals surface area contributed by atoms with E-state index >= 15 is 0 Å². The number of carbonyl (C=O) groups is 1. The molecule has 5 unspecified atom stereocenters. The highest BCUT2D eigenvalue weighted by molar-refractivity contribution is 7.99. The van der Waals surface area contributed by atoms with Crippen molar-refractivity contribution in [1.29, 1.82) is 0 Å². The highest BCUT2D eigenvalue weighted by atomic mass is 32.2. The number of aliphatic carboxylic acids is 1. The first kappa shape index (κ1) is 24.0. The van der Waals surface area contributed by atoms with Crippen molar-refractivity contribution in [3.63, 3.8) is 0 Å². The zero-order chi connectivity index (χ0) is 20.2. The van der Waals surface area contributed by atoms with Crippen molar-refractivity contribution in [3.8, 4) is 0 Å². The first-order valence-corrected chi connectivity index (χ1v) is 12.9. The second kappa shape index (κ2) is 13.9. The molecule has 2 heterocycles. The first-order valence-electron chi connectivity index (χ1n) is 11.7. The van der Waals surface area contributed by atoms with Crippen LogP contribution in [-0.2, 0) is 9.53 Å². The Morgan fingerprint density at radius 3 is 2.46 bits per heavy atom. The molecule has 0 aromatic carbocycles. The maximum Gasteiger partial charge on any atom is 0.303 e. The van der Waals surface area contributed by atoms with Gasteiger partial charge in [-0.15, -0.1) is 0 Å². The number of thioether (sulfide) groups is 1. The summed E-state index contributed by atoms with van der Waals surface area (Å²) in [6, 6.07) is 0. The minimum atomic E-state index is -0.674. The molecule has 5 atom stereocenters. The van der Waals surface area contributed by atoms with Crippen LogP contribution in [-0.4, -0.2) is 46.0 Å². The van der Waals surface area contributed by atoms with Crippen molar-refractivity contribution in [2.45, 2.75) is 115 Å². The third-order valence-electron chi connectivity index (χ3n) is 6.55. The van der Waals surface area contributed by atoms with Gasteiger partial charge in [0.05, 0.1) is 18.3 Å². The smallest absolute Gasteiger partial charge is 0.303 e. The standard InChI is InChI=1S/C23H42O4S/c1-2-3-6-10-18(24)11-9-16-28-17-20-19(21-14-15-22(20)27-21)12-7-4-5-8-13-23(25)26/h18-22,24H,2-17H2,1H3,(H,25,26). The Labute approximate surface area is 176 Å². The number of aliphatic hydroxyl groups excluding tert-OH is 1. The summed E-state index contributed by atoms with van der Waals surface area (Å²) in [6.45, 7) is 2.20. The summed E-state index contributed by atoms with van der Waals surface area (Å²) in [5.74, 6) is 3.10. The van der Waals surface area contributed by atoms with Crippen molar-refractivity contribution in [3.05, 3.63) is 0 Å². The lowest BCUT2D eigenvalue weighted by molar-refractivity contribution is -0.137. The lowest BCUT2D eigenvalue weighted by atomic mass is 9.77. The molecule has 28 heavy (non-hydrogen) atoms. The fourth-order valence-corrected chi connectivity index (χ4v) is 6.20. The molecule has 5 heteroatoms. The quantitative estimate of drug-likeness (QED) is 0.301. The predicted octanol–water partition coefficient (Wildman–Crippen LogP) is 5.66. The Balaban J connectivity index is 1.56. The zero-order valence-corrected chi connectivity index (χ0v) is 18.6. The number of carboxylic acids is 1. The maximum absolute atomic E-state index is 10.6. The van der Waals surface area contributed by atoms with Gasteiger partial charge in [0, 0.05) is 6.42 Å². The average molecular weight is 415 g/mol. The van der Waals surface area contributed by atoms with E-state index in [0.717, 1.165) is 50.7 Å². The Morgan fingerprint density at radius 1 is 1.00 bits per heavy atom. The molecule has 2 rings (SSSR count). The molecule has 2 aliphatic rings. The van der Waals surface area contributed by atoms with Gasteiger partial charge in [-0.05, 0) is 68.3 Å². The van der Waals surface area contributed by atoms with Gasteiger partial charge >= 0.3 is 5.97 Å². The molecule has 0 spiro atoms. The van der Waals surface area contributed by atoms with E-state index in [-0.39, 0.29) is 6.10 Å². The van der Waals surface area contributed by atoms with E-state index in [1.54, 1.807) is 0 Å². The van der Waals surface area contributed by atoms with Crippen LogP contribution in [0, 0.1) is 11.8 Å². The molecule has 2 fully saturated rings. The van der Waals surface area contributed by atoms with Gasteiger partial charge in [-0.2, -0.15) is 11.8 Å². The number of hydrogen-bond acceptors (Lipinski definition) is 4. The van der Waals surface area contributed by atoms with Gasteiger partial charge in [-0.1, -0.05) is 45.4 Å². The van der Waals surface area contributed by atoms with E-state index in [2.05, 4.69) is 18.7 Å². The van der Waals surface area contributed by atoms with Gasteiger partial charge in [-0.25, -0.2) is 0 Å². The van der Waals surface area contributed by atoms with E-state index in [4.69, 9.17) is 9.84 Å². The summed E-state index contributed by atoms with van der Waals surface area (Å²) < 4.78 is 6.23. The highest BCUT2D eigenvalue weighted by Crippen LogP contribution is 2.46. The monoisotopic (exact) mass is 414 g/mol. The number of hydrogen-bond donors (Lipinski definition) is 2. The average Bonchev–Trinajstić information content (AvgIpc) is 3.26. The fraction of sp³-hybridized carbons (Fsp3) is 0.957. The van der Waals surface area contributed by atoms with Gasteiger partial charge in [0.15, 0.2) is 0 Å². The van der Waals surface area contributed by atoms with Crippen LogP contribution >= 0.6 is 11.8 Å². The van der Waals surface area contributed by atoms with E-state index in [0.29, 0.717) is 30.5 Å². The number of unbranched alkanes of at least 4 members (excludes halogenated alkanes) is 5. The van der Waals surface area contributed by atoms with Gasteiger partial charge < -0.3 is 14.9 Å². The molecule has 0 saturated carbocycles. The summed E-state index contributed by atoms with van der Waals surface area (Å²) in [5.41, 5.74) is 0. The summed E-state index contributed by atoms with van der Waals surface area (Å²) in [7, 11) is 0. The van der Waals surface area contributed by atoms with Crippen LogP contribution in [0.3, 0.4) is 0 Å². The third-order valence-corrected chi connectivity index (χ3v) is 7.74. The van der Waals surface area contributed by atoms with Crippen molar-refractivity contribution in [2.24, 2.45) is 11.8 Å². The maximum atomic E-state index is 10.6. The molecule has 0 aromatic rings. The third kappa shape index (κ3) is 8.62.